The monoisotopic (exact) mass is 348 g/mol. The molecule has 2 aliphatic rings. The number of fused-ring (bicyclic) bond motifs is 1. The summed E-state index contributed by atoms with van der Waals surface area (Å²) in [6, 6.07) is 3.16. The van der Waals surface area contributed by atoms with Crippen molar-refractivity contribution in [2.24, 2.45) is 0 Å². The second-order valence-corrected chi connectivity index (χ2v) is 6.74. The predicted molar refractivity (Wildman–Crippen MR) is 90.2 cm³/mol. The number of phenolic OH excluding ortho intramolecular Hbond substituents is 1. The first-order valence-electron chi connectivity index (χ1n) is 8.87. The van der Waals surface area contributed by atoms with Crippen molar-refractivity contribution in [2.45, 2.75) is 64.1 Å². The second-order valence-electron chi connectivity index (χ2n) is 6.74. The van der Waals surface area contributed by atoms with E-state index >= 15 is 0 Å². The highest BCUT2D eigenvalue weighted by atomic mass is 16.6. The normalized spacial score (nSPS) is 19.7. The summed E-state index contributed by atoms with van der Waals surface area (Å²) in [5.41, 5.74) is -0.292. The summed E-state index contributed by atoms with van der Waals surface area (Å²) in [5.74, 6) is -0.467. The second kappa shape index (κ2) is 6.94. The number of esters is 1. The number of hydrogen-bond donors (Lipinski definition) is 1. The van der Waals surface area contributed by atoms with Crippen LogP contribution in [0, 0.1) is 0 Å². The molecule has 6 heteroatoms. The van der Waals surface area contributed by atoms with Crippen molar-refractivity contribution in [2.75, 3.05) is 6.61 Å². The first kappa shape index (κ1) is 17.6. The third kappa shape index (κ3) is 3.43. The van der Waals surface area contributed by atoms with Crippen molar-refractivity contribution in [1.82, 2.24) is 0 Å². The molecule has 136 valence electrons. The lowest BCUT2D eigenvalue weighted by molar-refractivity contribution is -0.150. The zero-order valence-electron chi connectivity index (χ0n) is 14.7. The Morgan fingerprint density at radius 3 is 2.72 bits per heavy atom. The maximum Gasteiger partial charge on any atom is 0.347 e. The van der Waals surface area contributed by atoms with Crippen molar-refractivity contribution in [3.05, 3.63) is 17.7 Å². The molecule has 0 aromatic heterocycles. The van der Waals surface area contributed by atoms with Gasteiger partial charge in [-0.1, -0.05) is 6.42 Å². The lowest BCUT2D eigenvalue weighted by atomic mass is 9.78. The number of hydrogen-bond acceptors (Lipinski definition) is 6. The van der Waals surface area contributed by atoms with E-state index in [0.717, 1.165) is 32.1 Å². The minimum absolute atomic E-state index is 0.0795. The fraction of sp³-hybridized carbons (Fsp3) is 0.579. The van der Waals surface area contributed by atoms with Crippen LogP contribution in [-0.2, 0) is 9.53 Å². The smallest absolute Gasteiger partial charge is 0.347 e. The molecule has 1 unspecified atom stereocenters. The SMILES string of the molecule is CCOC(=O)C(C)Oc1ccc2c(c1O)C(=O)CC1(CCCCC1)O2. The van der Waals surface area contributed by atoms with Crippen LogP contribution in [0.1, 0.15) is 62.7 Å². The maximum absolute atomic E-state index is 12.7. The Hall–Kier alpha value is -2.24. The zero-order chi connectivity index (χ0) is 18.0. The number of carbonyl (C=O) groups excluding carboxylic acids is 2. The summed E-state index contributed by atoms with van der Waals surface area (Å²) >= 11 is 0. The molecule has 3 rings (SSSR count). The van der Waals surface area contributed by atoms with E-state index in [-0.39, 0.29) is 35.9 Å². The fourth-order valence-corrected chi connectivity index (χ4v) is 3.63. The molecule has 1 heterocycles. The van der Waals surface area contributed by atoms with Gasteiger partial charge in [0.2, 0.25) is 0 Å². The molecule has 6 nitrogen and oxygen atoms in total. The summed E-state index contributed by atoms with van der Waals surface area (Å²) in [5, 5.41) is 10.5. The minimum atomic E-state index is -0.881. The molecule has 25 heavy (non-hydrogen) atoms. The standard InChI is InChI=1S/C19H24O6/c1-3-23-18(22)12(2)24-15-8-7-14-16(17(15)21)13(20)11-19(25-14)9-5-4-6-10-19/h7-8,12,21H,3-6,9-11H2,1-2H3. The van der Waals surface area contributed by atoms with E-state index in [1.807, 2.05) is 0 Å². The van der Waals surface area contributed by atoms with Gasteiger partial charge in [-0.05, 0) is 51.7 Å². The third-order valence-corrected chi connectivity index (χ3v) is 4.88. The molecule has 1 aromatic rings. The lowest BCUT2D eigenvalue weighted by Gasteiger charge is -2.40. The highest BCUT2D eigenvalue weighted by molar-refractivity contribution is 6.03. The van der Waals surface area contributed by atoms with Gasteiger partial charge in [0.15, 0.2) is 23.4 Å². The van der Waals surface area contributed by atoms with Gasteiger partial charge in [-0.2, -0.15) is 0 Å². The van der Waals surface area contributed by atoms with Gasteiger partial charge in [0.1, 0.15) is 16.9 Å². The van der Waals surface area contributed by atoms with Gasteiger partial charge in [0.05, 0.1) is 13.0 Å². The maximum atomic E-state index is 12.7. The van der Waals surface area contributed by atoms with Crippen LogP contribution in [0.2, 0.25) is 0 Å². The summed E-state index contributed by atoms with van der Waals surface area (Å²) in [4.78, 5) is 24.4. The van der Waals surface area contributed by atoms with Crippen molar-refractivity contribution in [1.29, 1.82) is 0 Å². The topological polar surface area (TPSA) is 82.1 Å². The van der Waals surface area contributed by atoms with Crippen molar-refractivity contribution >= 4 is 11.8 Å². The lowest BCUT2D eigenvalue weighted by Crippen LogP contribution is -2.43. The van der Waals surface area contributed by atoms with Gasteiger partial charge in [-0.3, -0.25) is 4.79 Å². The van der Waals surface area contributed by atoms with E-state index in [1.54, 1.807) is 13.0 Å². The van der Waals surface area contributed by atoms with Gasteiger partial charge in [0, 0.05) is 0 Å². The number of aromatic hydroxyl groups is 1. The summed E-state index contributed by atoms with van der Waals surface area (Å²) in [6.07, 6.45) is 4.36. The summed E-state index contributed by atoms with van der Waals surface area (Å²) in [6.45, 7) is 3.49. The highest BCUT2D eigenvalue weighted by Crippen LogP contribution is 2.47. The average Bonchev–Trinajstić information content (AvgIpc) is 2.57. The average molecular weight is 348 g/mol. The Labute approximate surface area is 147 Å². The highest BCUT2D eigenvalue weighted by Gasteiger charge is 2.43. The molecular weight excluding hydrogens is 324 g/mol. The molecule has 1 saturated carbocycles. The Morgan fingerprint density at radius 1 is 1.32 bits per heavy atom. The van der Waals surface area contributed by atoms with Gasteiger partial charge in [-0.25, -0.2) is 4.79 Å². The van der Waals surface area contributed by atoms with E-state index in [4.69, 9.17) is 14.2 Å². The number of ether oxygens (including phenoxy) is 3. The van der Waals surface area contributed by atoms with Crippen molar-refractivity contribution < 1.29 is 28.9 Å². The van der Waals surface area contributed by atoms with Crippen LogP contribution >= 0.6 is 0 Å². The fourth-order valence-electron chi connectivity index (χ4n) is 3.63. The van der Waals surface area contributed by atoms with Crippen LogP contribution in [0.25, 0.3) is 0 Å². The number of benzene rings is 1. The Kier molecular flexibility index (Phi) is 4.88. The van der Waals surface area contributed by atoms with E-state index in [1.165, 1.54) is 13.0 Å². The van der Waals surface area contributed by atoms with Crippen molar-refractivity contribution in [3.63, 3.8) is 0 Å². The Morgan fingerprint density at radius 2 is 2.04 bits per heavy atom. The number of Topliss-reactive ketones (excluding diaryl/α,β-unsaturated/α-hetero) is 1. The molecule has 1 aliphatic carbocycles. The summed E-state index contributed by atoms with van der Waals surface area (Å²) in [7, 11) is 0. The van der Waals surface area contributed by atoms with Crippen LogP contribution in [0.5, 0.6) is 17.2 Å². The van der Waals surface area contributed by atoms with E-state index in [9.17, 15) is 14.7 Å². The molecule has 1 N–H and O–H groups in total. The molecular formula is C19H24O6. The van der Waals surface area contributed by atoms with Crippen LogP contribution in [0.4, 0.5) is 0 Å². The number of carbonyl (C=O) groups is 2. The Balaban J connectivity index is 1.84. The van der Waals surface area contributed by atoms with Crippen LogP contribution < -0.4 is 9.47 Å². The first-order chi connectivity index (χ1) is 12.0. The predicted octanol–water partition coefficient (Wildman–Crippen LogP) is 3.39. The van der Waals surface area contributed by atoms with Crippen molar-refractivity contribution in [3.8, 4) is 17.2 Å². The molecule has 1 fully saturated rings. The molecule has 0 saturated heterocycles. The van der Waals surface area contributed by atoms with E-state index in [0.29, 0.717) is 5.75 Å². The molecule has 1 aromatic carbocycles. The minimum Gasteiger partial charge on any atom is -0.504 e. The molecule has 1 spiro atoms. The number of phenols is 1. The van der Waals surface area contributed by atoms with Gasteiger partial charge < -0.3 is 19.3 Å². The number of rotatable bonds is 4. The van der Waals surface area contributed by atoms with Crippen LogP contribution in [0.15, 0.2) is 12.1 Å². The number of ketones is 1. The van der Waals surface area contributed by atoms with Gasteiger partial charge >= 0.3 is 5.97 Å². The largest absolute Gasteiger partial charge is 0.504 e. The van der Waals surface area contributed by atoms with Crippen LogP contribution in [-0.4, -0.2) is 35.2 Å². The molecule has 1 atom stereocenters. The molecule has 0 radical (unpaired) electrons. The zero-order valence-corrected chi connectivity index (χ0v) is 14.7. The van der Waals surface area contributed by atoms with E-state index in [2.05, 4.69) is 0 Å². The molecule has 0 bridgehead atoms. The molecule has 1 aliphatic heterocycles. The summed E-state index contributed by atoms with van der Waals surface area (Å²) < 4.78 is 16.5. The Bertz CT molecular complexity index is 675. The quantitative estimate of drug-likeness (QED) is 0.840. The van der Waals surface area contributed by atoms with Gasteiger partial charge in [0.25, 0.3) is 0 Å². The third-order valence-electron chi connectivity index (χ3n) is 4.88. The van der Waals surface area contributed by atoms with Gasteiger partial charge in [-0.15, -0.1) is 0 Å². The van der Waals surface area contributed by atoms with E-state index < -0.39 is 17.7 Å². The molecule has 0 amide bonds. The van der Waals surface area contributed by atoms with Crippen LogP contribution in [0.3, 0.4) is 0 Å². The first-order valence-corrected chi connectivity index (χ1v) is 8.87.